The maximum absolute atomic E-state index is 13.1. The molecule has 5 nitrogen and oxygen atoms in total. The van der Waals surface area contributed by atoms with Gasteiger partial charge in [0.15, 0.2) is 0 Å². The van der Waals surface area contributed by atoms with Crippen LogP contribution in [0, 0.1) is 0 Å². The number of rotatable bonds is 8. The van der Waals surface area contributed by atoms with E-state index in [9.17, 15) is 13.6 Å². The molecule has 0 fully saturated rings. The lowest BCUT2D eigenvalue weighted by atomic mass is 10.1. The predicted molar refractivity (Wildman–Crippen MR) is 121 cm³/mol. The van der Waals surface area contributed by atoms with E-state index in [0.717, 1.165) is 32.7 Å². The molecule has 0 radical (unpaired) electrons. The highest BCUT2D eigenvalue weighted by Gasteiger charge is 2.25. The third kappa shape index (κ3) is 6.22. The monoisotopic (exact) mass is 444 g/mol. The van der Waals surface area contributed by atoms with Crippen molar-refractivity contribution in [1.29, 1.82) is 0 Å². The Labute approximate surface area is 187 Å². The van der Waals surface area contributed by atoms with E-state index < -0.39 is 24.7 Å². The van der Waals surface area contributed by atoms with E-state index >= 15 is 0 Å². The smallest absolute Gasteiger partial charge is 0.410 e. The quantitative estimate of drug-likeness (QED) is 0.441. The number of aromatic nitrogens is 1. The average Bonchev–Trinajstić information content (AvgIpc) is 3.05. The lowest BCUT2D eigenvalue weighted by Crippen LogP contribution is -2.40. The van der Waals surface area contributed by atoms with Crippen LogP contribution in [0.3, 0.4) is 0 Å². The van der Waals surface area contributed by atoms with Crippen LogP contribution < -0.4 is 4.74 Å². The van der Waals surface area contributed by atoms with Gasteiger partial charge in [0.2, 0.25) is 0 Å². The zero-order valence-corrected chi connectivity index (χ0v) is 19.0. The van der Waals surface area contributed by atoms with Crippen molar-refractivity contribution in [3.05, 3.63) is 65.9 Å². The molecule has 1 aromatic heterocycles. The number of fused-ring (bicyclic) bond motifs is 1. The number of aryl methyl sites for hydroxylation is 1. The molecule has 0 unspecified atom stereocenters. The summed E-state index contributed by atoms with van der Waals surface area (Å²) in [5, 5.41) is 0.923. The van der Waals surface area contributed by atoms with Crippen molar-refractivity contribution in [3.8, 4) is 5.75 Å². The van der Waals surface area contributed by atoms with Crippen molar-refractivity contribution in [3.63, 3.8) is 0 Å². The predicted octanol–water partition coefficient (Wildman–Crippen LogP) is 5.80. The molecule has 1 amide bonds. The Hall–Kier alpha value is -3.09. The van der Waals surface area contributed by atoms with E-state index in [4.69, 9.17) is 9.47 Å². The summed E-state index contributed by atoms with van der Waals surface area (Å²) >= 11 is 0. The first kappa shape index (κ1) is 23.6. The van der Waals surface area contributed by atoms with E-state index in [1.807, 2.05) is 66.3 Å². The molecule has 3 rings (SSSR count). The van der Waals surface area contributed by atoms with Crippen LogP contribution in [0.25, 0.3) is 10.9 Å². The van der Waals surface area contributed by atoms with Crippen molar-refractivity contribution < 1.29 is 23.0 Å². The molecule has 0 aliphatic carbocycles. The molecule has 0 spiro atoms. The number of alkyl halides is 2. The summed E-state index contributed by atoms with van der Waals surface area (Å²) in [6.07, 6.45) is -1.02. The van der Waals surface area contributed by atoms with Crippen molar-refractivity contribution in [2.24, 2.45) is 7.05 Å². The van der Waals surface area contributed by atoms with Crippen LogP contribution in [-0.4, -0.2) is 40.7 Å². The minimum atomic E-state index is -2.64. The fourth-order valence-electron chi connectivity index (χ4n) is 3.55. The average molecular weight is 445 g/mol. The maximum Gasteiger partial charge on any atom is 0.410 e. The van der Waals surface area contributed by atoms with Gasteiger partial charge in [-0.2, -0.15) is 0 Å². The van der Waals surface area contributed by atoms with E-state index in [-0.39, 0.29) is 6.54 Å². The van der Waals surface area contributed by atoms with Crippen LogP contribution in [0.15, 0.2) is 54.7 Å². The Morgan fingerprint density at radius 1 is 1.09 bits per heavy atom. The SMILES string of the molecule is Cn1cc(CCN(CC(F)F)C(=O)OC(C)(C)C)c2c(OCc3ccccc3)cccc21. The van der Waals surface area contributed by atoms with E-state index in [2.05, 4.69) is 0 Å². The molecule has 2 aromatic carbocycles. The van der Waals surface area contributed by atoms with Gasteiger partial charge in [-0.05, 0) is 50.5 Å². The molecule has 0 saturated carbocycles. The van der Waals surface area contributed by atoms with Crippen LogP contribution in [0.5, 0.6) is 5.75 Å². The molecular weight excluding hydrogens is 414 g/mol. The second-order valence-electron chi connectivity index (χ2n) is 8.76. The third-order valence-electron chi connectivity index (χ3n) is 4.95. The van der Waals surface area contributed by atoms with Gasteiger partial charge >= 0.3 is 6.09 Å². The second kappa shape index (κ2) is 10.0. The summed E-state index contributed by atoms with van der Waals surface area (Å²) in [4.78, 5) is 13.5. The molecule has 32 heavy (non-hydrogen) atoms. The van der Waals surface area contributed by atoms with Crippen LogP contribution in [0.1, 0.15) is 31.9 Å². The van der Waals surface area contributed by atoms with Crippen LogP contribution in [0.4, 0.5) is 13.6 Å². The van der Waals surface area contributed by atoms with Gasteiger partial charge in [-0.25, -0.2) is 13.6 Å². The maximum atomic E-state index is 13.1. The van der Waals surface area contributed by atoms with Crippen molar-refractivity contribution in [2.75, 3.05) is 13.1 Å². The number of benzene rings is 2. The summed E-state index contributed by atoms with van der Waals surface area (Å²) in [6, 6.07) is 15.7. The van der Waals surface area contributed by atoms with Gasteiger partial charge in [0.05, 0.1) is 12.1 Å². The van der Waals surface area contributed by atoms with Crippen LogP contribution in [0.2, 0.25) is 0 Å². The minimum absolute atomic E-state index is 0.116. The Bertz CT molecular complexity index is 1040. The van der Waals surface area contributed by atoms with Gasteiger partial charge in [-0.3, -0.25) is 0 Å². The Balaban J connectivity index is 1.81. The first-order chi connectivity index (χ1) is 15.1. The molecule has 0 N–H and O–H groups in total. The van der Waals surface area contributed by atoms with E-state index in [0.29, 0.717) is 13.0 Å². The van der Waals surface area contributed by atoms with Crippen molar-refractivity contribution in [1.82, 2.24) is 9.47 Å². The summed E-state index contributed by atoms with van der Waals surface area (Å²) in [5.74, 6) is 0.722. The van der Waals surface area contributed by atoms with Crippen LogP contribution in [-0.2, 0) is 24.8 Å². The first-order valence-electron chi connectivity index (χ1n) is 10.6. The number of amides is 1. The normalized spacial score (nSPS) is 11.7. The highest BCUT2D eigenvalue weighted by molar-refractivity contribution is 5.90. The van der Waals surface area contributed by atoms with Crippen molar-refractivity contribution in [2.45, 2.75) is 45.8 Å². The molecule has 0 aliphatic heterocycles. The molecule has 0 aliphatic rings. The van der Waals surface area contributed by atoms with Crippen LogP contribution >= 0.6 is 0 Å². The van der Waals surface area contributed by atoms with Gasteiger partial charge in [-0.1, -0.05) is 36.4 Å². The van der Waals surface area contributed by atoms with Gasteiger partial charge in [0.25, 0.3) is 6.43 Å². The highest BCUT2D eigenvalue weighted by Crippen LogP contribution is 2.31. The Morgan fingerprint density at radius 2 is 1.81 bits per heavy atom. The van der Waals surface area contributed by atoms with Crippen molar-refractivity contribution >= 4 is 17.0 Å². The molecule has 3 aromatic rings. The highest BCUT2D eigenvalue weighted by atomic mass is 19.3. The minimum Gasteiger partial charge on any atom is -0.488 e. The topological polar surface area (TPSA) is 43.7 Å². The number of hydrogen-bond acceptors (Lipinski definition) is 3. The lowest BCUT2D eigenvalue weighted by Gasteiger charge is -2.27. The van der Waals surface area contributed by atoms with Gasteiger partial charge in [-0.15, -0.1) is 0 Å². The molecular formula is C25H30F2N2O3. The number of nitrogens with zero attached hydrogens (tertiary/aromatic N) is 2. The van der Waals surface area contributed by atoms with E-state index in [1.165, 1.54) is 0 Å². The summed E-state index contributed by atoms with van der Waals surface area (Å²) < 4.78 is 39.6. The standard InChI is InChI=1S/C25H30F2N2O3/c1-25(2,3)32-24(30)29(16-22(26)27)14-13-19-15-28(4)20-11-8-12-21(23(19)20)31-17-18-9-6-5-7-10-18/h5-12,15,22H,13-14,16-17H2,1-4H3. The lowest BCUT2D eigenvalue weighted by molar-refractivity contribution is 0.0106. The number of carbonyl (C=O) groups excluding carboxylic acids is 1. The summed E-state index contributed by atoms with van der Waals surface area (Å²) in [6.45, 7) is 5.01. The molecule has 0 saturated heterocycles. The number of hydrogen-bond donors (Lipinski definition) is 0. The largest absolute Gasteiger partial charge is 0.488 e. The second-order valence-corrected chi connectivity index (χ2v) is 8.76. The molecule has 172 valence electrons. The summed E-state index contributed by atoms with van der Waals surface area (Å²) in [7, 11) is 1.93. The molecule has 0 atom stereocenters. The third-order valence-corrected chi connectivity index (χ3v) is 4.95. The number of ether oxygens (including phenoxy) is 2. The fourth-order valence-corrected chi connectivity index (χ4v) is 3.55. The summed E-state index contributed by atoms with van der Waals surface area (Å²) in [5.41, 5.74) is 2.20. The van der Waals surface area contributed by atoms with Gasteiger partial charge < -0.3 is 18.9 Å². The van der Waals surface area contributed by atoms with Gasteiger partial charge in [0, 0.05) is 25.2 Å². The Morgan fingerprint density at radius 3 is 2.47 bits per heavy atom. The van der Waals surface area contributed by atoms with Gasteiger partial charge in [0.1, 0.15) is 18.0 Å². The zero-order valence-electron chi connectivity index (χ0n) is 19.0. The molecule has 1 heterocycles. The molecule has 0 bridgehead atoms. The fraction of sp³-hybridized carbons (Fsp3) is 0.400. The van der Waals surface area contributed by atoms with E-state index in [1.54, 1.807) is 20.8 Å². The zero-order chi connectivity index (χ0) is 23.3. The molecule has 7 heteroatoms. The number of halogens is 2. The number of carbonyl (C=O) groups is 1. The Kier molecular flexibility index (Phi) is 7.38. The first-order valence-corrected chi connectivity index (χ1v) is 10.6.